The van der Waals surface area contributed by atoms with Crippen LogP contribution in [0.4, 0.5) is 0 Å². The van der Waals surface area contributed by atoms with Gasteiger partial charge < -0.3 is 15.2 Å². The third-order valence-electron chi connectivity index (χ3n) is 4.02. The van der Waals surface area contributed by atoms with Crippen LogP contribution in [0.3, 0.4) is 0 Å². The van der Waals surface area contributed by atoms with E-state index in [1.807, 2.05) is 12.1 Å². The molecule has 4 heteroatoms. The first-order valence-corrected chi connectivity index (χ1v) is 7.04. The fraction of sp³-hybridized carbons (Fsp3) is 0.667. The second-order valence-electron chi connectivity index (χ2n) is 5.68. The van der Waals surface area contributed by atoms with Gasteiger partial charge >= 0.3 is 0 Å². The molecule has 0 bridgehead atoms. The van der Waals surface area contributed by atoms with Gasteiger partial charge in [0.15, 0.2) is 0 Å². The summed E-state index contributed by atoms with van der Waals surface area (Å²) in [6.45, 7) is 3.57. The summed E-state index contributed by atoms with van der Waals surface area (Å²) >= 11 is 0. The molecule has 0 radical (unpaired) electrons. The summed E-state index contributed by atoms with van der Waals surface area (Å²) in [5.74, 6) is 1.40. The maximum atomic E-state index is 10.5. The fourth-order valence-corrected chi connectivity index (χ4v) is 2.65. The highest BCUT2D eigenvalue weighted by Crippen LogP contribution is 2.31. The minimum absolute atomic E-state index is 0.540. The molecule has 2 N–H and O–H groups in total. The molecule has 0 saturated heterocycles. The van der Waals surface area contributed by atoms with Gasteiger partial charge in [-0.1, -0.05) is 13.0 Å². The van der Waals surface area contributed by atoms with Gasteiger partial charge in [0, 0.05) is 24.8 Å². The summed E-state index contributed by atoms with van der Waals surface area (Å²) in [4.78, 5) is 4.17. The van der Waals surface area contributed by atoms with Crippen molar-refractivity contribution in [2.75, 3.05) is 13.7 Å². The Kier molecular flexibility index (Phi) is 4.77. The predicted molar refractivity (Wildman–Crippen MR) is 75.1 cm³/mol. The molecular weight excluding hydrogens is 240 g/mol. The Morgan fingerprint density at radius 1 is 1.47 bits per heavy atom. The molecule has 1 aromatic rings. The first kappa shape index (κ1) is 14.3. The summed E-state index contributed by atoms with van der Waals surface area (Å²) in [5, 5.41) is 13.8. The molecule has 1 aliphatic carbocycles. The van der Waals surface area contributed by atoms with Crippen LogP contribution >= 0.6 is 0 Å². The number of nitrogens with one attached hydrogen (secondary N) is 1. The van der Waals surface area contributed by atoms with Gasteiger partial charge in [-0.15, -0.1) is 0 Å². The van der Waals surface area contributed by atoms with Gasteiger partial charge in [0.2, 0.25) is 5.88 Å². The average Bonchev–Trinajstić information content (AvgIpc) is 2.43. The molecule has 0 unspecified atom stereocenters. The van der Waals surface area contributed by atoms with Crippen LogP contribution in [0.25, 0.3) is 0 Å². The second kappa shape index (κ2) is 6.35. The number of aromatic nitrogens is 1. The SMILES string of the molecule is COc1ncccc1CNCC1(O)CCC(C)CC1. The zero-order valence-corrected chi connectivity index (χ0v) is 11.9. The van der Waals surface area contributed by atoms with E-state index in [4.69, 9.17) is 4.74 Å². The van der Waals surface area contributed by atoms with Crippen molar-refractivity contribution in [3.05, 3.63) is 23.9 Å². The number of hydrogen-bond acceptors (Lipinski definition) is 4. The van der Waals surface area contributed by atoms with E-state index in [-0.39, 0.29) is 0 Å². The van der Waals surface area contributed by atoms with E-state index in [1.54, 1.807) is 13.3 Å². The van der Waals surface area contributed by atoms with Gasteiger partial charge in [-0.05, 0) is 37.7 Å². The molecule has 1 saturated carbocycles. The summed E-state index contributed by atoms with van der Waals surface area (Å²) in [6, 6.07) is 3.89. The van der Waals surface area contributed by atoms with E-state index in [2.05, 4.69) is 17.2 Å². The molecule has 4 nitrogen and oxygen atoms in total. The summed E-state index contributed by atoms with van der Waals surface area (Å²) < 4.78 is 5.21. The first-order valence-electron chi connectivity index (χ1n) is 7.04. The maximum absolute atomic E-state index is 10.5. The smallest absolute Gasteiger partial charge is 0.217 e. The Balaban J connectivity index is 1.83. The average molecular weight is 264 g/mol. The van der Waals surface area contributed by atoms with Crippen molar-refractivity contribution in [2.45, 2.75) is 44.8 Å². The van der Waals surface area contributed by atoms with Gasteiger partial charge in [-0.2, -0.15) is 0 Å². The largest absolute Gasteiger partial charge is 0.481 e. The van der Waals surface area contributed by atoms with Crippen LogP contribution in [-0.4, -0.2) is 29.3 Å². The van der Waals surface area contributed by atoms with Gasteiger partial charge in [0.25, 0.3) is 0 Å². The lowest BCUT2D eigenvalue weighted by molar-refractivity contribution is -0.00634. The highest BCUT2D eigenvalue weighted by atomic mass is 16.5. The van der Waals surface area contributed by atoms with Crippen molar-refractivity contribution in [3.63, 3.8) is 0 Å². The number of methoxy groups -OCH3 is 1. The molecule has 0 atom stereocenters. The van der Waals surface area contributed by atoms with Crippen LogP contribution in [0.2, 0.25) is 0 Å². The van der Waals surface area contributed by atoms with Gasteiger partial charge in [-0.25, -0.2) is 4.98 Å². The minimum atomic E-state index is -0.540. The summed E-state index contributed by atoms with van der Waals surface area (Å²) in [7, 11) is 1.63. The van der Waals surface area contributed by atoms with Crippen LogP contribution < -0.4 is 10.1 Å². The standard InChI is InChI=1S/C15H24N2O2/c1-12-5-7-15(18,8-6-12)11-16-10-13-4-3-9-17-14(13)19-2/h3-4,9,12,16,18H,5-8,10-11H2,1-2H3. The molecule has 106 valence electrons. The molecular formula is C15H24N2O2. The van der Waals surface area contributed by atoms with E-state index in [9.17, 15) is 5.11 Å². The van der Waals surface area contributed by atoms with Crippen LogP contribution in [0.15, 0.2) is 18.3 Å². The van der Waals surface area contributed by atoms with Gasteiger partial charge in [0.1, 0.15) is 0 Å². The molecule has 1 aromatic heterocycles. The van der Waals surface area contributed by atoms with E-state index < -0.39 is 5.60 Å². The Labute approximate surface area is 115 Å². The molecule has 1 heterocycles. The Morgan fingerprint density at radius 2 is 2.21 bits per heavy atom. The quantitative estimate of drug-likeness (QED) is 0.855. The Bertz CT molecular complexity index is 401. The molecule has 2 rings (SSSR count). The number of rotatable bonds is 5. The normalized spacial score (nSPS) is 27.2. The van der Waals surface area contributed by atoms with Gasteiger partial charge in [0.05, 0.1) is 12.7 Å². The van der Waals surface area contributed by atoms with Crippen LogP contribution in [0.1, 0.15) is 38.2 Å². The number of ether oxygens (including phenoxy) is 1. The predicted octanol–water partition coefficient (Wildman–Crippen LogP) is 2.12. The zero-order chi connectivity index (χ0) is 13.7. The third kappa shape index (κ3) is 3.91. The Morgan fingerprint density at radius 3 is 2.89 bits per heavy atom. The first-order chi connectivity index (χ1) is 9.13. The molecule has 0 spiro atoms. The van der Waals surface area contributed by atoms with Crippen molar-refractivity contribution in [1.82, 2.24) is 10.3 Å². The van der Waals surface area contributed by atoms with Crippen LogP contribution in [0, 0.1) is 5.92 Å². The van der Waals surface area contributed by atoms with E-state index >= 15 is 0 Å². The Hall–Kier alpha value is -1.13. The molecule has 19 heavy (non-hydrogen) atoms. The highest BCUT2D eigenvalue weighted by molar-refractivity contribution is 5.25. The van der Waals surface area contributed by atoms with Crippen molar-refractivity contribution in [1.29, 1.82) is 0 Å². The van der Waals surface area contributed by atoms with Crippen molar-refractivity contribution in [2.24, 2.45) is 5.92 Å². The molecule has 1 aliphatic rings. The lowest BCUT2D eigenvalue weighted by Gasteiger charge is -2.35. The lowest BCUT2D eigenvalue weighted by atomic mass is 9.79. The van der Waals surface area contributed by atoms with E-state index in [1.165, 1.54) is 0 Å². The third-order valence-corrected chi connectivity index (χ3v) is 4.02. The number of nitrogens with zero attached hydrogens (tertiary/aromatic N) is 1. The number of aliphatic hydroxyl groups is 1. The fourth-order valence-electron chi connectivity index (χ4n) is 2.65. The monoisotopic (exact) mass is 264 g/mol. The van der Waals surface area contributed by atoms with E-state index in [0.29, 0.717) is 19.0 Å². The molecule has 0 amide bonds. The van der Waals surface area contributed by atoms with Gasteiger partial charge in [-0.3, -0.25) is 0 Å². The number of pyridine rings is 1. The zero-order valence-electron chi connectivity index (χ0n) is 11.9. The van der Waals surface area contributed by atoms with Crippen molar-refractivity contribution in [3.8, 4) is 5.88 Å². The van der Waals surface area contributed by atoms with Crippen LogP contribution in [0.5, 0.6) is 5.88 Å². The topological polar surface area (TPSA) is 54.4 Å². The molecule has 0 aliphatic heterocycles. The maximum Gasteiger partial charge on any atom is 0.217 e. The minimum Gasteiger partial charge on any atom is -0.481 e. The number of hydrogen-bond donors (Lipinski definition) is 2. The van der Waals surface area contributed by atoms with Crippen LogP contribution in [-0.2, 0) is 6.54 Å². The summed E-state index contributed by atoms with van der Waals surface area (Å²) in [6.07, 6.45) is 5.75. The molecule has 0 aromatic carbocycles. The second-order valence-corrected chi connectivity index (χ2v) is 5.68. The highest BCUT2D eigenvalue weighted by Gasteiger charge is 2.31. The summed E-state index contributed by atoms with van der Waals surface area (Å²) in [5.41, 5.74) is 0.486. The molecule has 1 fully saturated rings. The van der Waals surface area contributed by atoms with Crippen molar-refractivity contribution >= 4 is 0 Å². The van der Waals surface area contributed by atoms with Crippen molar-refractivity contribution < 1.29 is 9.84 Å². The lowest BCUT2D eigenvalue weighted by Crippen LogP contribution is -2.43. The van der Waals surface area contributed by atoms with E-state index in [0.717, 1.165) is 37.2 Å².